The summed E-state index contributed by atoms with van der Waals surface area (Å²) < 4.78 is 9.06. The van der Waals surface area contributed by atoms with Gasteiger partial charge in [-0.25, -0.2) is 10.5 Å². The minimum Gasteiger partial charge on any atom is -0.506 e. The third kappa shape index (κ3) is 8.78. The molecule has 0 aliphatic heterocycles. The van der Waals surface area contributed by atoms with E-state index in [9.17, 15) is 10.2 Å². The van der Waals surface area contributed by atoms with Crippen LogP contribution in [0.25, 0.3) is 10.8 Å². The van der Waals surface area contributed by atoms with Crippen LogP contribution in [0.4, 0.5) is 34.1 Å². The molecule has 5 rings (SSSR count). The number of nitrogens with zero attached hydrogens (tertiary/aromatic N) is 4. The van der Waals surface area contributed by atoms with Crippen LogP contribution in [0.15, 0.2) is 121 Å². The van der Waals surface area contributed by atoms with E-state index in [0.29, 0.717) is 44.6 Å². The topological polar surface area (TPSA) is 179 Å². The van der Waals surface area contributed by atoms with Gasteiger partial charge in [-0.05, 0) is 78.5 Å². The van der Waals surface area contributed by atoms with E-state index in [-0.39, 0.29) is 44.8 Å². The molecule has 0 saturated heterocycles. The van der Waals surface area contributed by atoms with Crippen LogP contribution in [0.3, 0.4) is 0 Å². The van der Waals surface area contributed by atoms with Crippen molar-refractivity contribution in [3.63, 3.8) is 0 Å². The molecule has 0 unspecified atom stereocenters. The summed E-state index contributed by atoms with van der Waals surface area (Å²) in [6.45, 7) is 1.76. The standard InChI is InChI=1S/C29H23N5O8S2.Cu/c1-17-12-25(26(35)16-24(17)32-31-21-8-5-9-22(15-21)43-41-39-37)33-34-28-27(44-42-40-38)14-18-13-20(10-11-23(18)29(28)36)30-19-6-3-2-4-7-19;/h2-16,30,35-38H,1H3;. The number of rotatable bonds is 12. The van der Waals surface area contributed by atoms with Crippen LogP contribution in [0.5, 0.6) is 11.5 Å². The number of phenolic OH excluding ortho intramolecular Hbond substituents is 2. The minimum absolute atomic E-state index is 0. The number of aryl methyl sites for hydroxylation is 1. The van der Waals surface area contributed by atoms with Crippen LogP contribution in [0.1, 0.15) is 5.56 Å². The summed E-state index contributed by atoms with van der Waals surface area (Å²) in [7, 11) is 0. The van der Waals surface area contributed by atoms with Crippen LogP contribution in [-0.4, -0.2) is 20.7 Å². The van der Waals surface area contributed by atoms with Crippen molar-refractivity contribution in [3.05, 3.63) is 96.6 Å². The van der Waals surface area contributed by atoms with Gasteiger partial charge in [0.15, 0.2) is 5.75 Å². The van der Waals surface area contributed by atoms with Crippen LogP contribution in [0, 0.1) is 6.92 Å². The molecule has 235 valence electrons. The fraction of sp³-hybridized carbons (Fsp3) is 0.0345. The van der Waals surface area contributed by atoms with Crippen LogP contribution >= 0.6 is 24.1 Å². The van der Waals surface area contributed by atoms with Gasteiger partial charge in [0.25, 0.3) is 0 Å². The molecule has 0 bridgehead atoms. The minimum atomic E-state index is -0.229. The average molecular weight is 697 g/mol. The predicted octanol–water partition coefficient (Wildman–Crippen LogP) is 9.99. The molecular formula is C29H23CuN5O8S2. The van der Waals surface area contributed by atoms with Crippen molar-refractivity contribution in [2.45, 2.75) is 16.7 Å². The number of hydrogen-bond donors (Lipinski definition) is 5. The van der Waals surface area contributed by atoms with Gasteiger partial charge in [0.1, 0.15) is 17.1 Å². The zero-order valence-corrected chi connectivity index (χ0v) is 25.6. The fourth-order valence-electron chi connectivity index (χ4n) is 4.06. The molecule has 5 N–H and O–H groups in total. The molecule has 0 aliphatic carbocycles. The molecular weight excluding hydrogens is 674 g/mol. The number of nitrogens with one attached hydrogen (secondary N) is 1. The third-order valence-electron chi connectivity index (χ3n) is 6.07. The van der Waals surface area contributed by atoms with Crippen LogP contribution in [0.2, 0.25) is 0 Å². The average Bonchev–Trinajstić information content (AvgIpc) is 3.03. The predicted molar refractivity (Wildman–Crippen MR) is 164 cm³/mol. The molecule has 0 aromatic heterocycles. The molecule has 0 spiro atoms. The number of para-hydroxylation sites is 1. The maximum Gasteiger partial charge on any atom is 0.152 e. The number of fused-ring (bicyclic) bond motifs is 1. The molecule has 13 nitrogen and oxygen atoms in total. The number of anilines is 2. The van der Waals surface area contributed by atoms with Gasteiger partial charge in [-0.2, -0.15) is 10.2 Å². The van der Waals surface area contributed by atoms with Gasteiger partial charge in [-0.3, -0.25) is 0 Å². The Morgan fingerprint density at radius 2 is 1.44 bits per heavy atom. The Kier molecular flexibility index (Phi) is 12.3. The molecule has 1 radical (unpaired) electrons. The van der Waals surface area contributed by atoms with E-state index in [1.54, 1.807) is 49.4 Å². The zero-order chi connectivity index (χ0) is 30.9. The van der Waals surface area contributed by atoms with Crippen molar-refractivity contribution in [1.82, 2.24) is 0 Å². The second-order valence-electron chi connectivity index (χ2n) is 8.98. The largest absolute Gasteiger partial charge is 0.506 e. The Morgan fingerprint density at radius 3 is 2.22 bits per heavy atom. The molecule has 0 atom stereocenters. The molecule has 0 saturated carbocycles. The van der Waals surface area contributed by atoms with E-state index in [4.69, 9.17) is 10.5 Å². The summed E-state index contributed by atoms with van der Waals surface area (Å²) in [6.07, 6.45) is 0. The quantitative estimate of drug-likeness (QED) is 0.0275. The van der Waals surface area contributed by atoms with E-state index in [1.807, 2.05) is 42.5 Å². The van der Waals surface area contributed by atoms with Crippen molar-refractivity contribution >= 4 is 69.0 Å². The van der Waals surface area contributed by atoms with Gasteiger partial charge in [0, 0.05) is 44.8 Å². The first-order chi connectivity index (χ1) is 21.4. The van der Waals surface area contributed by atoms with Gasteiger partial charge >= 0.3 is 0 Å². The van der Waals surface area contributed by atoms with Crippen molar-refractivity contribution in [2.75, 3.05) is 5.32 Å². The number of phenols is 2. The summed E-state index contributed by atoms with van der Waals surface area (Å²) in [5.41, 5.74) is 3.32. The molecule has 45 heavy (non-hydrogen) atoms. The van der Waals surface area contributed by atoms with Crippen molar-refractivity contribution < 1.29 is 56.5 Å². The maximum absolute atomic E-state index is 11.1. The number of benzene rings is 5. The molecule has 5 aromatic carbocycles. The number of aromatic hydroxyl groups is 2. The van der Waals surface area contributed by atoms with E-state index in [0.717, 1.165) is 23.4 Å². The molecule has 0 fully saturated rings. The second kappa shape index (κ2) is 16.3. The monoisotopic (exact) mass is 696 g/mol. The summed E-state index contributed by atoms with van der Waals surface area (Å²) in [5, 5.41) is 67.4. The van der Waals surface area contributed by atoms with Gasteiger partial charge in [0.2, 0.25) is 0 Å². The van der Waals surface area contributed by atoms with Gasteiger partial charge in [0.05, 0.1) is 40.4 Å². The molecule has 0 amide bonds. The first-order valence-electron chi connectivity index (χ1n) is 12.6. The Bertz CT molecular complexity index is 1830. The van der Waals surface area contributed by atoms with Gasteiger partial charge in [-0.1, -0.05) is 34.3 Å². The van der Waals surface area contributed by atoms with Crippen molar-refractivity contribution in [2.24, 2.45) is 20.5 Å². The molecule has 0 heterocycles. The molecule has 5 aromatic rings. The van der Waals surface area contributed by atoms with E-state index in [2.05, 4.69) is 44.5 Å². The smallest absolute Gasteiger partial charge is 0.152 e. The SMILES string of the molecule is Cc1cc(N=Nc2c(SOOO)cc3cc(Nc4ccccc4)ccc3c2O)c(O)cc1N=Nc1cccc(SOOO)c1.[Cu]. The molecule has 0 aliphatic rings. The Balaban J connectivity index is 0.00000461. The first-order valence-corrected chi connectivity index (χ1v) is 14.1. The third-order valence-corrected chi connectivity index (χ3v) is 7.26. The first kappa shape index (κ1) is 33.8. The normalized spacial score (nSPS) is 11.4. The summed E-state index contributed by atoms with van der Waals surface area (Å²) in [4.78, 5) is 0.892. The second-order valence-corrected chi connectivity index (χ2v) is 10.5. The Labute approximate surface area is 275 Å². The van der Waals surface area contributed by atoms with Crippen LogP contribution < -0.4 is 5.32 Å². The zero-order valence-electron chi connectivity index (χ0n) is 23.0. The van der Waals surface area contributed by atoms with Gasteiger partial charge < -0.3 is 15.5 Å². The summed E-state index contributed by atoms with van der Waals surface area (Å²) in [5.74, 6) is -0.424. The van der Waals surface area contributed by atoms with E-state index in [1.165, 1.54) is 6.07 Å². The number of hydrogen-bond acceptors (Lipinski definition) is 15. The van der Waals surface area contributed by atoms with E-state index < -0.39 is 0 Å². The Morgan fingerprint density at radius 1 is 0.689 bits per heavy atom. The van der Waals surface area contributed by atoms with E-state index >= 15 is 0 Å². The molecule has 16 heteroatoms. The summed E-state index contributed by atoms with van der Waals surface area (Å²) in [6, 6.07) is 26.4. The number of azo groups is 2. The maximum atomic E-state index is 11.1. The Hall–Kier alpha value is -4.06. The fourth-order valence-corrected chi connectivity index (χ4v) is 4.96. The van der Waals surface area contributed by atoms with Crippen molar-refractivity contribution in [3.8, 4) is 11.5 Å². The summed E-state index contributed by atoms with van der Waals surface area (Å²) >= 11 is 1.40. The van der Waals surface area contributed by atoms with Crippen molar-refractivity contribution in [1.29, 1.82) is 0 Å². The van der Waals surface area contributed by atoms with Crippen LogP contribution in [-0.2, 0) is 35.8 Å². The van der Waals surface area contributed by atoms with Gasteiger partial charge in [-0.15, -0.1) is 18.9 Å².